The number of carbonyl (C=O) groups excluding carboxylic acids is 1. The molecule has 1 aliphatic heterocycles. The summed E-state index contributed by atoms with van der Waals surface area (Å²) in [7, 11) is 1.54. The number of hydrogen-bond donors (Lipinski definition) is 0. The number of aliphatic imine (C=N–C) groups is 1. The molecule has 2 atom stereocenters. The number of rotatable bonds is 3. The maximum atomic E-state index is 11.8. The summed E-state index contributed by atoms with van der Waals surface area (Å²) in [5.74, 6) is 0.510. The van der Waals surface area contributed by atoms with Crippen molar-refractivity contribution >= 4 is 17.3 Å². The second-order valence-electron chi connectivity index (χ2n) is 4.03. The molecular weight excluding hydrogens is 232 g/mol. The number of Topliss-reactive ketones (excluding diaryl/α,β-unsaturated/α-hetero) is 1. The zero-order valence-corrected chi connectivity index (χ0v) is 10.6. The largest absolute Gasteiger partial charge is 0.388 e. The number of pyridine rings is 1. The van der Waals surface area contributed by atoms with Crippen LogP contribution in [-0.4, -0.2) is 30.7 Å². The van der Waals surface area contributed by atoms with Gasteiger partial charge in [-0.25, -0.2) is 0 Å². The second kappa shape index (κ2) is 5.03. The van der Waals surface area contributed by atoms with Crippen LogP contribution in [0.4, 0.5) is 5.82 Å². The van der Waals surface area contributed by atoms with Crippen LogP contribution >= 0.6 is 0 Å². The number of ketones is 1. The van der Waals surface area contributed by atoms with Crippen molar-refractivity contribution in [1.82, 2.24) is 0 Å². The maximum Gasteiger partial charge on any atom is 0.388 e. The van der Waals surface area contributed by atoms with Crippen LogP contribution in [0.3, 0.4) is 0 Å². The average molecular weight is 247 g/mol. The average Bonchev–Trinajstić information content (AvgIpc) is 2.62. The lowest BCUT2D eigenvalue weighted by Crippen LogP contribution is -2.40. The van der Waals surface area contributed by atoms with E-state index in [2.05, 4.69) is 15.2 Å². The molecule has 2 unspecified atom stereocenters. The lowest BCUT2D eigenvalue weighted by Gasteiger charge is -1.98. The number of hydrogen-bond acceptors (Lipinski definition) is 5. The quantitative estimate of drug-likeness (QED) is 0.588. The Kier molecular flexibility index (Phi) is 3.45. The van der Waals surface area contributed by atoms with Gasteiger partial charge >= 0.3 is 5.82 Å². The SMILES string of the molecule is CO[n+]1ccccc1N=NC1C(=O)C(C)N=C1C. The third-order valence-corrected chi connectivity index (χ3v) is 2.75. The summed E-state index contributed by atoms with van der Waals surface area (Å²) < 4.78 is 1.47. The van der Waals surface area contributed by atoms with Crippen LogP contribution in [0.2, 0.25) is 0 Å². The lowest BCUT2D eigenvalue weighted by atomic mass is 10.1. The van der Waals surface area contributed by atoms with Gasteiger partial charge in [0.15, 0.2) is 11.8 Å². The van der Waals surface area contributed by atoms with Crippen LogP contribution in [0.5, 0.6) is 0 Å². The van der Waals surface area contributed by atoms with E-state index in [-0.39, 0.29) is 11.8 Å². The van der Waals surface area contributed by atoms with Crippen molar-refractivity contribution in [3.05, 3.63) is 24.4 Å². The fraction of sp³-hybridized carbons (Fsp3) is 0.417. The Bertz CT molecular complexity index is 525. The van der Waals surface area contributed by atoms with E-state index >= 15 is 0 Å². The highest BCUT2D eigenvalue weighted by molar-refractivity contribution is 6.14. The van der Waals surface area contributed by atoms with E-state index in [0.717, 1.165) is 0 Å². The van der Waals surface area contributed by atoms with Crippen molar-refractivity contribution in [2.24, 2.45) is 15.2 Å². The Labute approximate surface area is 105 Å². The minimum atomic E-state index is -0.564. The second-order valence-corrected chi connectivity index (χ2v) is 4.03. The fourth-order valence-corrected chi connectivity index (χ4v) is 1.78. The molecule has 94 valence electrons. The Morgan fingerprint density at radius 3 is 2.83 bits per heavy atom. The van der Waals surface area contributed by atoms with Gasteiger partial charge in [-0.15, -0.1) is 0 Å². The van der Waals surface area contributed by atoms with Crippen molar-refractivity contribution in [2.75, 3.05) is 7.11 Å². The number of aromatic nitrogens is 1. The molecule has 0 saturated heterocycles. The van der Waals surface area contributed by atoms with Gasteiger partial charge in [-0.1, -0.05) is 5.11 Å². The minimum absolute atomic E-state index is 0.0175. The van der Waals surface area contributed by atoms with Crippen LogP contribution in [0, 0.1) is 0 Å². The van der Waals surface area contributed by atoms with Crippen molar-refractivity contribution in [2.45, 2.75) is 25.9 Å². The molecule has 1 aromatic heterocycles. The molecule has 0 bridgehead atoms. The predicted molar refractivity (Wildman–Crippen MR) is 65.0 cm³/mol. The highest BCUT2D eigenvalue weighted by Gasteiger charge is 2.34. The first kappa shape index (κ1) is 12.3. The summed E-state index contributed by atoms with van der Waals surface area (Å²) in [6.45, 7) is 3.56. The van der Waals surface area contributed by atoms with Crippen LogP contribution in [0.1, 0.15) is 13.8 Å². The third kappa shape index (κ3) is 2.27. The molecule has 0 amide bonds. The Balaban J connectivity index is 2.21. The molecular formula is C12H15N4O2+. The highest BCUT2D eigenvalue weighted by atomic mass is 16.6. The van der Waals surface area contributed by atoms with Gasteiger partial charge in [0.1, 0.15) is 19.3 Å². The highest BCUT2D eigenvalue weighted by Crippen LogP contribution is 2.15. The molecule has 1 aliphatic rings. The van der Waals surface area contributed by atoms with Crippen molar-refractivity contribution in [1.29, 1.82) is 0 Å². The Morgan fingerprint density at radius 1 is 1.44 bits per heavy atom. The summed E-state index contributed by atoms with van der Waals surface area (Å²) in [4.78, 5) is 21.0. The Hall–Kier alpha value is -2.11. The van der Waals surface area contributed by atoms with Gasteiger partial charge in [0, 0.05) is 11.8 Å². The first-order chi connectivity index (χ1) is 8.63. The van der Waals surface area contributed by atoms with Crippen LogP contribution < -0.4 is 9.57 Å². The predicted octanol–water partition coefficient (Wildman–Crippen LogP) is 0.917. The zero-order valence-electron chi connectivity index (χ0n) is 10.6. The number of nitrogens with zero attached hydrogens (tertiary/aromatic N) is 4. The van der Waals surface area contributed by atoms with Gasteiger partial charge in [0.2, 0.25) is 0 Å². The summed E-state index contributed by atoms with van der Waals surface area (Å²) in [5, 5.41) is 8.11. The molecule has 0 aliphatic carbocycles. The molecule has 1 aromatic rings. The van der Waals surface area contributed by atoms with Gasteiger partial charge in [-0.2, -0.15) is 0 Å². The van der Waals surface area contributed by atoms with Crippen LogP contribution in [0.25, 0.3) is 0 Å². The van der Waals surface area contributed by atoms with Gasteiger partial charge in [-0.05, 0) is 30.7 Å². The molecule has 0 saturated carbocycles. The van der Waals surface area contributed by atoms with Gasteiger partial charge in [0.25, 0.3) is 0 Å². The van der Waals surface area contributed by atoms with Gasteiger partial charge in [0.05, 0.1) is 5.11 Å². The lowest BCUT2D eigenvalue weighted by molar-refractivity contribution is -0.875. The molecule has 0 N–H and O–H groups in total. The first-order valence-corrected chi connectivity index (χ1v) is 5.67. The minimum Gasteiger partial charge on any atom is -0.339 e. The van der Waals surface area contributed by atoms with Crippen molar-refractivity contribution in [3.63, 3.8) is 0 Å². The standard InChI is InChI=1S/C12H15N4O2/c1-8-11(12(17)9(2)13-8)15-14-10-6-4-5-7-16(10)18-3/h4-7,9,11H,1-3H3/q+1. The van der Waals surface area contributed by atoms with Crippen LogP contribution in [0.15, 0.2) is 39.6 Å². The normalized spacial score (nSPS) is 23.5. The zero-order chi connectivity index (χ0) is 13.1. The maximum absolute atomic E-state index is 11.8. The summed E-state index contributed by atoms with van der Waals surface area (Å²) >= 11 is 0. The first-order valence-electron chi connectivity index (χ1n) is 5.67. The molecule has 0 aromatic carbocycles. The van der Waals surface area contributed by atoms with Gasteiger partial charge in [-0.3, -0.25) is 9.79 Å². The number of azo groups is 1. The van der Waals surface area contributed by atoms with Crippen LogP contribution in [-0.2, 0) is 4.79 Å². The molecule has 18 heavy (non-hydrogen) atoms. The van der Waals surface area contributed by atoms with Gasteiger partial charge < -0.3 is 4.84 Å². The smallest absolute Gasteiger partial charge is 0.339 e. The third-order valence-electron chi connectivity index (χ3n) is 2.75. The van der Waals surface area contributed by atoms with E-state index in [9.17, 15) is 4.79 Å². The molecule has 2 heterocycles. The molecule has 0 spiro atoms. The summed E-state index contributed by atoms with van der Waals surface area (Å²) in [6, 6.07) is 4.51. The molecule has 2 rings (SSSR count). The van der Waals surface area contributed by atoms with Crippen molar-refractivity contribution in [3.8, 4) is 0 Å². The van der Waals surface area contributed by atoms with E-state index in [1.165, 1.54) is 11.8 Å². The molecule has 6 nitrogen and oxygen atoms in total. The molecule has 0 radical (unpaired) electrons. The van der Waals surface area contributed by atoms with E-state index in [1.807, 2.05) is 12.1 Å². The summed E-state index contributed by atoms with van der Waals surface area (Å²) in [6.07, 6.45) is 1.72. The monoisotopic (exact) mass is 247 g/mol. The van der Waals surface area contributed by atoms with E-state index < -0.39 is 6.04 Å². The topological polar surface area (TPSA) is 67.3 Å². The Morgan fingerprint density at radius 2 is 2.22 bits per heavy atom. The fourth-order valence-electron chi connectivity index (χ4n) is 1.78. The summed E-state index contributed by atoms with van der Waals surface area (Å²) in [5.41, 5.74) is 0.705. The molecule has 6 heteroatoms. The van der Waals surface area contributed by atoms with E-state index in [1.54, 1.807) is 26.1 Å². The number of carbonyl (C=O) groups is 1. The molecule has 0 fully saturated rings. The van der Waals surface area contributed by atoms with E-state index in [4.69, 9.17) is 4.84 Å². The van der Waals surface area contributed by atoms with Crippen molar-refractivity contribution < 1.29 is 14.4 Å². The van der Waals surface area contributed by atoms with E-state index in [0.29, 0.717) is 11.5 Å².